The fourth-order valence-electron chi connectivity index (χ4n) is 4.16. The number of nitrogens with one attached hydrogen (secondary N) is 1. The molecule has 1 saturated carbocycles. The molecule has 0 bridgehead atoms. The lowest BCUT2D eigenvalue weighted by Gasteiger charge is -2.30. The number of hydrogen-bond donors (Lipinski definition) is 1. The minimum absolute atomic E-state index is 0.0362. The van der Waals surface area contributed by atoms with Crippen LogP contribution in [0, 0.1) is 5.92 Å². The average molecular weight is 372 g/mol. The molecular weight excluding hydrogens is 346 g/mol. The molecular formula is C20H25N3O2S. The second kappa shape index (κ2) is 7.74. The Kier molecular flexibility index (Phi) is 5.20. The van der Waals surface area contributed by atoms with E-state index in [-0.39, 0.29) is 23.8 Å². The predicted molar refractivity (Wildman–Crippen MR) is 103 cm³/mol. The van der Waals surface area contributed by atoms with E-state index in [1.165, 1.54) is 6.42 Å². The van der Waals surface area contributed by atoms with Crippen molar-refractivity contribution in [3.8, 4) is 0 Å². The topological polar surface area (TPSA) is 62.3 Å². The smallest absolute Gasteiger partial charge is 0.243 e. The van der Waals surface area contributed by atoms with Gasteiger partial charge in [0.2, 0.25) is 11.8 Å². The van der Waals surface area contributed by atoms with Gasteiger partial charge in [0.05, 0.1) is 16.8 Å². The second-order valence-electron chi connectivity index (χ2n) is 7.32. The van der Waals surface area contributed by atoms with Crippen molar-refractivity contribution in [2.45, 2.75) is 57.5 Å². The van der Waals surface area contributed by atoms with Crippen molar-refractivity contribution in [2.24, 2.45) is 5.92 Å². The van der Waals surface area contributed by atoms with Gasteiger partial charge in [-0.1, -0.05) is 31.4 Å². The van der Waals surface area contributed by atoms with Crippen molar-refractivity contribution in [1.29, 1.82) is 0 Å². The standard InChI is InChI=1S/C20H25N3O2S/c24-19(21-13-18-22-15-9-4-5-11-17(15)26-18)16-10-6-12-23(16)20(25)14-7-2-1-3-8-14/h4-5,9,11,14,16H,1-3,6-8,10,12-13H2,(H,21,24). The van der Waals surface area contributed by atoms with Crippen LogP contribution < -0.4 is 5.32 Å². The van der Waals surface area contributed by atoms with E-state index in [1.54, 1.807) is 11.3 Å². The minimum Gasteiger partial charge on any atom is -0.348 e. The third kappa shape index (κ3) is 3.61. The van der Waals surface area contributed by atoms with Crippen LogP contribution >= 0.6 is 11.3 Å². The van der Waals surface area contributed by atoms with Crippen LogP contribution in [-0.4, -0.2) is 34.3 Å². The maximum Gasteiger partial charge on any atom is 0.243 e. The molecule has 2 fully saturated rings. The molecule has 138 valence electrons. The molecule has 1 unspecified atom stereocenters. The van der Waals surface area contributed by atoms with E-state index in [1.807, 2.05) is 29.2 Å². The molecule has 0 spiro atoms. The lowest BCUT2D eigenvalue weighted by atomic mass is 9.88. The third-order valence-electron chi connectivity index (χ3n) is 5.54. The number of para-hydroxylation sites is 1. The number of carbonyl (C=O) groups excluding carboxylic acids is 2. The Bertz CT molecular complexity index is 764. The van der Waals surface area contributed by atoms with E-state index >= 15 is 0 Å². The van der Waals surface area contributed by atoms with Gasteiger partial charge < -0.3 is 10.2 Å². The summed E-state index contributed by atoms with van der Waals surface area (Å²) >= 11 is 1.61. The van der Waals surface area contributed by atoms with Crippen molar-refractivity contribution < 1.29 is 9.59 Å². The van der Waals surface area contributed by atoms with Crippen molar-refractivity contribution in [1.82, 2.24) is 15.2 Å². The molecule has 26 heavy (non-hydrogen) atoms. The molecule has 4 rings (SSSR count). The number of likely N-dealkylation sites (tertiary alicyclic amines) is 1. The van der Waals surface area contributed by atoms with Crippen molar-refractivity contribution in [3.63, 3.8) is 0 Å². The first-order valence-corrected chi connectivity index (χ1v) is 10.5. The number of nitrogens with zero attached hydrogens (tertiary/aromatic N) is 2. The van der Waals surface area contributed by atoms with E-state index in [2.05, 4.69) is 10.3 Å². The highest BCUT2D eigenvalue weighted by Crippen LogP contribution is 2.29. The van der Waals surface area contributed by atoms with Gasteiger partial charge in [-0.3, -0.25) is 9.59 Å². The first kappa shape index (κ1) is 17.5. The molecule has 1 N–H and O–H groups in total. The van der Waals surface area contributed by atoms with Crippen LogP contribution in [0.4, 0.5) is 0 Å². The number of thiazole rings is 1. The summed E-state index contributed by atoms with van der Waals surface area (Å²) in [6.45, 7) is 1.15. The van der Waals surface area contributed by atoms with E-state index in [9.17, 15) is 9.59 Å². The van der Waals surface area contributed by atoms with E-state index in [0.29, 0.717) is 13.1 Å². The van der Waals surface area contributed by atoms with Crippen molar-refractivity contribution >= 4 is 33.4 Å². The zero-order valence-corrected chi connectivity index (χ0v) is 15.8. The van der Waals surface area contributed by atoms with Gasteiger partial charge >= 0.3 is 0 Å². The molecule has 2 heterocycles. The highest BCUT2D eigenvalue weighted by atomic mass is 32.1. The van der Waals surface area contributed by atoms with Crippen molar-refractivity contribution in [3.05, 3.63) is 29.3 Å². The third-order valence-corrected chi connectivity index (χ3v) is 6.58. The number of rotatable bonds is 4. The molecule has 1 atom stereocenters. The van der Waals surface area contributed by atoms with Gasteiger partial charge in [0, 0.05) is 12.5 Å². The number of benzene rings is 1. The highest BCUT2D eigenvalue weighted by molar-refractivity contribution is 7.18. The zero-order valence-electron chi connectivity index (χ0n) is 14.9. The van der Waals surface area contributed by atoms with Gasteiger partial charge in [-0.05, 0) is 37.8 Å². The summed E-state index contributed by atoms with van der Waals surface area (Å²) in [5.74, 6) is 0.287. The van der Waals surface area contributed by atoms with Gasteiger partial charge in [-0.2, -0.15) is 0 Å². The van der Waals surface area contributed by atoms with Crippen LogP contribution in [0.5, 0.6) is 0 Å². The molecule has 2 amide bonds. The Morgan fingerprint density at radius 2 is 1.92 bits per heavy atom. The second-order valence-corrected chi connectivity index (χ2v) is 8.43. The van der Waals surface area contributed by atoms with Gasteiger partial charge in [-0.25, -0.2) is 4.98 Å². The van der Waals surface area contributed by atoms with E-state index in [4.69, 9.17) is 0 Å². The van der Waals surface area contributed by atoms with Gasteiger partial charge in [0.1, 0.15) is 11.0 Å². The summed E-state index contributed by atoms with van der Waals surface area (Å²) < 4.78 is 1.13. The molecule has 1 aliphatic heterocycles. The van der Waals surface area contributed by atoms with Crippen LogP contribution in [-0.2, 0) is 16.1 Å². The molecule has 2 aromatic rings. The van der Waals surface area contributed by atoms with Crippen molar-refractivity contribution in [2.75, 3.05) is 6.54 Å². The maximum absolute atomic E-state index is 12.8. The van der Waals surface area contributed by atoms with Crippen LogP contribution in [0.2, 0.25) is 0 Å². The fourth-order valence-corrected chi connectivity index (χ4v) is 5.07. The number of hydrogen-bond acceptors (Lipinski definition) is 4. The first-order chi connectivity index (χ1) is 12.7. The molecule has 1 aromatic heterocycles. The summed E-state index contributed by atoms with van der Waals surface area (Å²) in [6.07, 6.45) is 7.15. The Balaban J connectivity index is 1.37. The first-order valence-electron chi connectivity index (χ1n) is 9.65. The molecule has 5 nitrogen and oxygen atoms in total. The van der Waals surface area contributed by atoms with Gasteiger partial charge in [0.25, 0.3) is 0 Å². The lowest BCUT2D eigenvalue weighted by Crippen LogP contribution is -2.47. The monoisotopic (exact) mass is 371 g/mol. The normalized spacial score (nSPS) is 21.2. The maximum atomic E-state index is 12.8. The van der Waals surface area contributed by atoms with Crippen LogP contribution in [0.3, 0.4) is 0 Å². The Hall–Kier alpha value is -1.95. The van der Waals surface area contributed by atoms with Crippen LogP contribution in [0.15, 0.2) is 24.3 Å². The summed E-state index contributed by atoms with van der Waals surface area (Å²) in [7, 11) is 0. The SMILES string of the molecule is O=C(NCc1nc2ccccc2s1)C1CCCN1C(=O)C1CCCCC1. The quantitative estimate of drug-likeness (QED) is 0.895. The minimum atomic E-state index is -0.307. The largest absolute Gasteiger partial charge is 0.348 e. The van der Waals surface area contributed by atoms with Gasteiger partial charge in [-0.15, -0.1) is 11.3 Å². The Morgan fingerprint density at radius 3 is 2.73 bits per heavy atom. The van der Waals surface area contributed by atoms with Gasteiger partial charge in [0.15, 0.2) is 0 Å². The Labute approximate surface area is 157 Å². The number of fused-ring (bicyclic) bond motifs is 1. The zero-order chi connectivity index (χ0) is 17.9. The lowest BCUT2D eigenvalue weighted by molar-refractivity contribution is -0.142. The average Bonchev–Trinajstić information content (AvgIpc) is 3.33. The summed E-state index contributed by atoms with van der Waals surface area (Å²) in [6, 6.07) is 7.69. The molecule has 1 aliphatic carbocycles. The Morgan fingerprint density at radius 1 is 1.12 bits per heavy atom. The predicted octanol–water partition coefficient (Wildman–Crippen LogP) is 3.48. The fraction of sp³-hybridized carbons (Fsp3) is 0.550. The molecule has 1 aromatic carbocycles. The molecule has 6 heteroatoms. The molecule has 1 saturated heterocycles. The summed E-state index contributed by atoms with van der Waals surface area (Å²) in [4.78, 5) is 31.9. The summed E-state index contributed by atoms with van der Waals surface area (Å²) in [5.41, 5.74) is 0.969. The molecule has 0 radical (unpaired) electrons. The number of aromatic nitrogens is 1. The van der Waals surface area contributed by atoms with Crippen LogP contribution in [0.1, 0.15) is 50.0 Å². The summed E-state index contributed by atoms with van der Waals surface area (Å²) in [5, 5.41) is 3.91. The van der Waals surface area contributed by atoms with E-state index < -0.39 is 0 Å². The van der Waals surface area contributed by atoms with E-state index in [0.717, 1.165) is 53.7 Å². The number of amides is 2. The highest BCUT2D eigenvalue weighted by Gasteiger charge is 2.37. The molecule has 2 aliphatic rings. The van der Waals surface area contributed by atoms with Crippen LogP contribution in [0.25, 0.3) is 10.2 Å². The number of carbonyl (C=O) groups is 2.